The van der Waals surface area contributed by atoms with Crippen molar-refractivity contribution >= 4 is 22.7 Å². The Morgan fingerprint density at radius 2 is 2.04 bits per heavy atom. The normalized spacial score (nSPS) is 10.9. The third kappa shape index (κ3) is 3.12. The first-order chi connectivity index (χ1) is 11.4. The molecule has 8 heteroatoms. The van der Waals surface area contributed by atoms with Gasteiger partial charge >= 0.3 is 5.97 Å². The van der Waals surface area contributed by atoms with E-state index in [1.165, 1.54) is 11.6 Å². The minimum Gasteiger partial charge on any atom is -0.487 e. The molecule has 0 amide bonds. The molecule has 3 aromatic rings. The maximum Gasteiger partial charge on any atom is 0.325 e. The van der Waals surface area contributed by atoms with Crippen LogP contribution in [-0.4, -0.2) is 36.4 Å². The number of carbonyl (C=O) groups excluding carboxylic acids is 1. The quantitative estimate of drug-likeness (QED) is 0.691. The highest BCUT2D eigenvalue weighted by molar-refractivity contribution is 6.05. The number of fused-ring (bicyclic) bond motifs is 1. The third-order valence-corrected chi connectivity index (χ3v) is 3.50. The van der Waals surface area contributed by atoms with E-state index in [9.17, 15) is 9.59 Å². The van der Waals surface area contributed by atoms with E-state index in [-0.39, 0.29) is 18.0 Å². The number of carbonyl (C=O) groups is 2. The molecule has 1 aromatic carbocycles. The minimum atomic E-state index is -1.02. The highest BCUT2D eigenvalue weighted by Crippen LogP contribution is 2.25. The van der Waals surface area contributed by atoms with E-state index in [0.29, 0.717) is 23.3 Å². The number of nitrogens with zero attached hydrogens (tertiary/aromatic N) is 4. The lowest BCUT2D eigenvalue weighted by atomic mass is 10.1. The molecular weight excluding hydrogens is 312 g/mol. The van der Waals surface area contributed by atoms with E-state index < -0.39 is 5.97 Å². The molecule has 0 radical (unpaired) electrons. The van der Waals surface area contributed by atoms with Gasteiger partial charge in [-0.15, -0.1) is 0 Å². The van der Waals surface area contributed by atoms with Gasteiger partial charge in [-0.05, 0) is 24.3 Å². The van der Waals surface area contributed by atoms with Crippen molar-refractivity contribution in [3.8, 4) is 5.75 Å². The number of aromatic nitrogens is 4. The Morgan fingerprint density at radius 1 is 1.25 bits per heavy atom. The molecule has 0 aliphatic rings. The van der Waals surface area contributed by atoms with Crippen LogP contribution in [0.4, 0.5) is 0 Å². The first-order valence-electron chi connectivity index (χ1n) is 7.28. The van der Waals surface area contributed by atoms with Crippen LogP contribution < -0.4 is 4.74 Å². The molecule has 0 aliphatic heterocycles. The summed E-state index contributed by atoms with van der Waals surface area (Å²) in [5.74, 6) is -0.693. The highest BCUT2D eigenvalue weighted by Gasteiger charge is 2.16. The maximum atomic E-state index is 11.8. The minimum absolute atomic E-state index is 0.231. The summed E-state index contributed by atoms with van der Waals surface area (Å²) in [5, 5.41) is 17.9. The number of aryl methyl sites for hydroxylation is 1. The number of carboxylic acid groups (broad SMARTS) is 1. The summed E-state index contributed by atoms with van der Waals surface area (Å²) < 4.78 is 8.69. The second-order valence-corrected chi connectivity index (χ2v) is 5.40. The number of aliphatic carboxylic acids is 1. The lowest BCUT2D eigenvalue weighted by Crippen LogP contribution is -2.10. The highest BCUT2D eigenvalue weighted by atomic mass is 16.5. The molecule has 0 saturated carbocycles. The number of hydrogen-bond donors (Lipinski definition) is 1. The van der Waals surface area contributed by atoms with Crippen LogP contribution in [-0.2, 0) is 25.0 Å². The average Bonchev–Trinajstić information content (AvgIpc) is 3.08. The lowest BCUT2D eigenvalue weighted by Gasteiger charge is -2.05. The van der Waals surface area contributed by atoms with Crippen molar-refractivity contribution < 1.29 is 19.4 Å². The lowest BCUT2D eigenvalue weighted by molar-refractivity contribution is -0.137. The Balaban J connectivity index is 1.92. The molecule has 0 fully saturated rings. The number of ether oxygens (including phenoxy) is 1. The zero-order valence-corrected chi connectivity index (χ0v) is 13.3. The van der Waals surface area contributed by atoms with E-state index in [1.54, 1.807) is 22.9 Å². The SMILES string of the molecule is CC(=O)c1nn(CC(=O)O)c2ccc(OCc3ccn(C)n3)cc12. The second-order valence-electron chi connectivity index (χ2n) is 5.40. The molecule has 0 bridgehead atoms. The second kappa shape index (κ2) is 6.15. The molecule has 0 aliphatic carbocycles. The van der Waals surface area contributed by atoms with Crippen molar-refractivity contribution in [2.75, 3.05) is 0 Å². The predicted molar refractivity (Wildman–Crippen MR) is 84.9 cm³/mol. The number of benzene rings is 1. The Morgan fingerprint density at radius 3 is 2.67 bits per heavy atom. The maximum absolute atomic E-state index is 11.8. The zero-order valence-electron chi connectivity index (χ0n) is 13.3. The summed E-state index contributed by atoms with van der Waals surface area (Å²) in [6.45, 7) is 1.39. The summed E-state index contributed by atoms with van der Waals surface area (Å²) in [6.07, 6.45) is 1.83. The molecule has 0 unspecified atom stereocenters. The van der Waals surface area contributed by atoms with E-state index >= 15 is 0 Å². The van der Waals surface area contributed by atoms with Crippen LogP contribution >= 0.6 is 0 Å². The molecule has 8 nitrogen and oxygen atoms in total. The fourth-order valence-electron chi connectivity index (χ4n) is 2.45. The van der Waals surface area contributed by atoms with Crippen LogP contribution in [0.1, 0.15) is 23.1 Å². The summed E-state index contributed by atoms with van der Waals surface area (Å²) in [5.41, 5.74) is 1.59. The van der Waals surface area contributed by atoms with Gasteiger partial charge in [-0.2, -0.15) is 10.2 Å². The largest absolute Gasteiger partial charge is 0.487 e. The van der Waals surface area contributed by atoms with Crippen LogP contribution in [0.2, 0.25) is 0 Å². The Bertz CT molecular complexity index is 925. The van der Waals surface area contributed by atoms with Gasteiger partial charge in [0, 0.05) is 25.6 Å². The number of carboxylic acids is 1. The van der Waals surface area contributed by atoms with Gasteiger partial charge in [-0.1, -0.05) is 0 Å². The Labute approximate surface area is 137 Å². The molecule has 2 heterocycles. The third-order valence-electron chi connectivity index (χ3n) is 3.50. The van der Waals surface area contributed by atoms with E-state index in [0.717, 1.165) is 5.69 Å². The van der Waals surface area contributed by atoms with Crippen molar-refractivity contribution in [1.82, 2.24) is 19.6 Å². The average molecular weight is 328 g/mol. The van der Waals surface area contributed by atoms with Crippen LogP contribution in [0.3, 0.4) is 0 Å². The van der Waals surface area contributed by atoms with Gasteiger partial charge in [0.1, 0.15) is 24.6 Å². The van der Waals surface area contributed by atoms with Gasteiger partial charge in [0.25, 0.3) is 0 Å². The monoisotopic (exact) mass is 328 g/mol. The van der Waals surface area contributed by atoms with Gasteiger partial charge in [0.2, 0.25) is 0 Å². The first kappa shape index (κ1) is 15.7. The summed E-state index contributed by atoms with van der Waals surface area (Å²) in [4.78, 5) is 22.7. The standard InChI is InChI=1S/C16H16N4O4/c1-10(21)16-13-7-12(24-9-11-5-6-19(2)17-11)3-4-14(13)20(18-16)8-15(22)23/h3-7H,8-9H2,1-2H3,(H,22,23). The van der Waals surface area contributed by atoms with Crippen molar-refractivity contribution in [2.45, 2.75) is 20.1 Å². The van der Waals surface area contributed by atoms with Crippen molar-refractivity contribution in [1.29, 1.82) is 0 Å². The van der Waals surface area contributed by atoms with Gasteiger partial charge in [-0.25, -0.2) is 0 Å². The summed E-state index contributed by atoms with van der Waals surface area (Å²) in [7, 11) is 1.82. The Kier molecular flexibility index (Phi) is 4.03. The van der Waals surface area contributed by atoms with Crippen LogP contribution in [0.15, 0.2) is 30.5 Å². The number of rotatable bonds is 6. The molecule has 2 aromatic heterocycles. The molecule has 3 rings (SSSR count). The molecular formula is C16H16N4O4. The van der Waals surface area contributed by atoms with Gasteiger partial charge in [0.05, 0.1) is 11.2 Å². The van der Waals surface area contributed by atoms with Crippen LogP contribution in [0, 0.1) is 0 Å². The fourth-order valence-corrected chi connectivity index (χ4v) is 2.45. The molecule has 24 heavy (non-hydrogen) atoms. The van der Waals surface area contributed by atoms with E-state index in [4.69, 9.17) is 9.84 Å². The first-order valence-corrected chi connectivity index (χ1v) is 7.28. The molecule has 124 valence electrons. The number of hydrogen-bond acceptors (Lipinski definition) is 5. The summed E-state index contributed by atoms with van der Waals surface area (Å²) in [6, 6.07) is 6.96. The molecule has 0 spiro atoms. The fraction of sp³-hybridized carbons (Fsp3) is 0.250. The van der Waals surface area contributed by atoms with Gasteiger partial charge in [0.15, 0.2) is 5.78 Å². The smallest absolute Gasteiger partial charge is 0.325 e. The van der Waals surface area contributed by atoms with Gasteiger partial charge < -0.3 is 9.84 Å². The van der Waals surface area contributed by atoms with Crippen LogP contribution in [0.25, 0.3) is 10.9 Å². The topological polar surface area (TPSA) is 99.2 Å². The van der Waals surface area contributed by atoms with E-state index in [2.05, 4.69) is 10.2 Å². The predicted octanol–water partition coefficient (Wildman–Crippen LogP) is 1.64. The van der Waals surface area contributed by atoms with Gasteiger partial charge in [-0.3, -0.25) is 19.0 Å². The summed E-state index contributed by atoms with van der Waals surface area (Å²) >= 11 is 0. The molecule has 0 atom stereocenters. The van der Waals surface area contributed by atoms with Crippen molar-refractivity contribution in [3.63, 3.8) is 0 Å². The molecule has 1 N–H and O–H groups in total. The Hall–Kier alpha value is -3.16. The van der Waals surface area contributed by atoms with Crippen molar-refractivity contribution in [2.24, 2.45) is 7.05 Å². The van der Waals surface area contributed by atoms with Crippen LogP contribution in [0.5, 0.6) is 5.75 Å². The zero-order chi connectivity index (χ0) is 17.3. The molecule has 0 saturated heterocycles. The van der Waals surface area contributed by atoms with E-state index in [1.807, 2.05) is 19.3 Å². The van der Waals surface area contributed by atoms with Crippen molar-refractivity contribution in [3.05, 3.63) is 41.9 Å². The number of ketones is 1. The number of Topliss-reactive ketones (excluding diaryl/α,β-unsaturated/α-hetero) is 1.